The molecule has 0 saturated heterocycles. The Morgan fingerprint density at radius 1 is 1.03 bits per heavy atom. The Bertz CT molecular complexity index is 1220. The summed E-state index contributed by atoms with van der Waals surface area (Å²) in [6.45, 7) is 6.15. The highest BCUT2D eigenvalue weighted by molar-refractivity contribution is 7.98. The largest absolute Gasteiger partial charge is 0.350 e. The average Bonchev–Trinajstić information content (AvgIpc) is 3.27. The molecule has 0 spiro atoms. The Kier molecular flexibility index (Phi) is 7.19. The van der Waals surface area contributed by atoms with Crippen LogP contribution in [0.4, 0.5) is 0 Å². The van der Waals surface area contributed by atoms with Crippen molar-refractivity contribution in [1.29, 1.82) is 0 Å². The van der Waals surface area contributed by atoms with Gasteiger partial charge in [-0.25, -0.2) is 0 Å². The average molecular weight is 458 g/mol. The summed E-state index contributed by atoms with van der Waals surface area (Å²) in [6, 6.07) is 20.0. The lowest BCUT2D eigenvalue weighted by Gasteiger charge is -2.13. The number of para-hydroxylation sites is 1. The molecule has 0 radical (unpaired) electrons. The van der Waals surface area contributed by atoms with Gasteiger partial charge in [-0.1, -0.05) is 49.0 Å². The second-order valence-electron chi connectivity index (χ2n) is 7.93. The van der Waals surface area contributed by atoms with E-state index in [9.17, 15) is 4.79 Å². The number of carbonyl (C=O) groups is 1. The summed E-state index contributed by atoms with van der Waals surface area (Å²) in [4.78, 5) is 16.5. The van der Waals surface area contributed by atoms with Crippen LogP contribution in [-0.4, -0.2) is 31.7 Å². The number of hydrogen-bond acceptors (Lipinski definition) is 5. The van der Waals surface area contributed by atoms with Crippen LogP contribution in [0.1, 0.15) is 41.8 Å². The molecule has 2 heterocycles. The number of hydrogen-bond donors (Lipinski definition) is 1. The molecule has 7 heteroatoms. The normalized spacial score (nSPS) is 11.8. The number of nitrogens with zero attached hydrogens (tertiary/aromatic N) is 4. The lowest BCUT2D eigenvalue weighted by molar-refractivity contribution is 0.0939. The third kappa shape index (κ3) is 5.31. The van der Waals surface area contributed by atoms with Crippen LogP contribution >= 0.6 is 11.8 Å². The zero-order valence-corrected chi connectivity index (χ0v) is 19.8. The fourth-order valence-electron chi connectivity index (χ4n) is 3.39. The van der Waals surface area contributed by atoms with Gasteiger partial charge in [0, 0.05) is 35.3 Å². The van der Waals surface area contributed by atoms with E-state index in [4.69, 9.17) is 0 Å². The van der Waals surface area contributed by atoms with Crippen molar-refractivity contribution in [2.75, 3.05) is 0 Å². The van der Waals surface area contributed by atoms with Gasteiger partial charge in [0.05, 0.1) is 5.69 Å². The number of amides is 1. The van der Waals surface area contributed by atoms with Gasteiger partial charge in [-0.2, -0.15) is 0 Å². The molecule has 2 aromatic carbocycles. The maximum absolute atomic E-state index is 12.3. The second kappa shape index (κ2) is 10.4. The third-order valence-corrected chi connectivity index (χ3v) is 6.50. The molecule has 168 valence electrons. The summed E-state index contributed by atoms with van der Waals surface area (Å²) >= 11 is 1.62. The highest BCUT2D eigenvalue weighted by Gasteiger charge is 2.17. The number of rotatable bonds is 8. The molecule has 4 rings (SSSR count). The van der Waals surface area contributed by atoms with Crippen LogP contribution in [0.25, 0.3) is 17.1 Å². The van der Waals surface area contributed by atoms with Crippen molar-refractivity contribution in [2.45, 2.75) is 44.1 Å². The van der Waals surface area contributed by atoms with E-state index >= 15 is 0 Å². The number of benzene rings is 2. The number of thioether (sulfide) groups is 1. The standard InChI is InChI=1S/C26H27N5OS/c1-4-19(3)28-25(32)22-11-9-20(10-12-22)17-33-26-30-29-24(21-13-15-27-16-14-21)31(26)23-8-6-5-7-18(23)2/h5-16,19H,4,17H2,1-3H3,(H,28,32). The van der Waals surface area contributed by atoms with Crippen LogP contribution in [0.5, 0.6) is 0 Å². The maximum Gasteiger partial charge on any atom is 0.251 e. The molecule has 33 heavy (non-hydrogen) atoms. The van der Waals surface area contributed by atoms with Gasteiger partial charge in [0.25, 0.3) is 5.91 Å². The first-order valence-corrected chi connectivity index (χ1v) is 12.0. The first kappa shape index (κ1) is 22.7. The third-order valence-electron chi connectivity index (χ3n) is 5.50. The topological polar surface area (TPSA) is 72.7 Å². The molecule has 0 saturated carbocycles. The Labute approximate surface area is 198 Å². The van der Waals surface area contributed by atoms with Crippen molar-refractivity contribution in [2.24, 2.45) is 0 Å². The van der Waals surface area contributed by atoms with E-state index in [0.717, 1.165) is 39.8 Å². The van der Waals surface area contributed by atoms with E-state index < -0.39 is 0 Å². The van der Waals surface area contributed by atoms with Gasteiger partial charge in [0.2, 0.25) is 0 Å². The van der Waals surface area contributed by atoms with Gasteiger partial charge in [0.1, 0.15) is 0 Å². The van der Waals surface area contributed by atoms with Crippen molar-refractivity contribution in [3.63, 3.8) is 0 Å². The van der Waals surface area contributed by atoms with Gasteiger partial charge in [0.15, 0.2) is 11.0 Å². The fraction of sp³-hybridized carbons (Fsp3) is 0.231. The molecule has 0 aliphatic rings. The molecule has 0 fully saturated rings. The molecular weight excluding hydrogens is 430 g/mol. The summed E-state index contributed by atoms with van der Waals surface area (Å²) in [6.07, 6.45) is 4.43. The second-order valence-corrected chi connectivity index (χ2v) is 8.87. The number of nitrogens with one attached hydrogen (secondary N) is 1. The van der Waals surface area contributed by atoms with E-state index in [1.54, 1.807) is 24.2 Å². The minimum absolute atomic E-state index is 0.0372. The van der Waals surface area contributed by atoms with Crippen molar-refractivity contribution in [3.8, 4) is 17.1 Å². The monoisotopic (exact) mass is 457 g/mol. The molecule has 1 atom stereocenters. The zero-order chi connectivity index (χ0) is 23.2. The van der Waals surface area contributed by atoms with Gasteiger partial charge >= 0.3 is 0 Å². The van der Waals surface area contributed by atoms with Crippen molar-refractivity contribution in [1.82, 2.24) is 25.1 Å². The number of pyridine rings is 1. The van der Waals surface area contributed by atoms with Crippen LogP contribution < -0.4 is 5.32 Å². The summed E-state index contributed by atoms with van der Waals surface area (Å²) in [7, 11) is 0. The Morgan fingerprint density at radius 3 is 2.45 bits per heavy atom. The van der Waals surface area contributed by atoms with E-state index in [1.165, 1.54) is 0 Å². The van der Waals surface area contributed by atoms with Crippen LogP contribution in [0.15, 0.2) is 78.2 Å². The predicted molar refractivity (Wildman–Crippen MR) is 133 cm³/mol. The van der Waals surface area contributed by atoms with Gasteiger partial charge in [-0.15, -0.1) is 10.2 Å². The Hall–Kier alpha value is -3.45. The molecule has 6 nitrogen and oxygen atoms in total. The smallest absolute Gasteiger partial charge is 0.251 e. The van der Waals surface area contributed by atoms with Crippen LogP contribution in [0, 0.1) is 6.92 Å². The van der Waals surface area contributed by atoms with E-state index in [2.05, 4.69) is 51.0 Å². The summed E-state index contributed by atoms with van der Waals surface area (Å²) in [5, 5.41) is 12.8. The highest BCUT2D eigenvalue weighted by atomic mass is 32.2. The van der Waals surface area contributed by atoms with Gasteiger partial charge < -0.3 is 5.32 Å². The number of carbonyl (C=O) groups excluding carboxylic acids is 1. The highest BCUT2D eigenvalue weighted by Crippen LogP contribution is 2.30. The van der Waals surface area contributed by atoms with Gasteiger partial charge in [-0.3, -0.25) is 14.3 Å². The molecule has 1 unspecified atom stereocenters. The van der Waals surface area contributed by atoms with E-state index in [-0.39, 0.29) is 11.9 Å². The number of aryl methyl sites for hydroxylation is 1. The molecular formula is C26H27N5OS. The lowest BCUT2D eigenvalue weighted by Crippen LogP contribution is -2.31. The quantitative estimate of drug-likeness (QED) is 0.356. The first-order valence-electron chi connectivity index (χ1n) is 11.0. The van der Waals surface area contributed by atoms with Gasteiger partial charge in [-0.05, 0) is 61.7 Å². The predicted octanol–water partition coefficient (Wildman–Crippen LogP) is 5.46. The maximum atomic E-state index is 12.3. The van der Waals surface area contributed by atoms with Crippen LogP contribution in [0.2, 0.25) is 0 Å². The van der Waals surface area contributed by atoms with Crippen LogP contribution in [-0.2, 0) is 5.75 Å². The Balaban J connectivity index is 1.57. The molecule has 4 aromatic rings. The first-order chi connectivity index (χ1) is 16.1. The van der Waals surface area contributed by atoms with Crippen LogP contribution in [0.3, 0.4) is 0 Å². The molecule has 0 aliphatic heterocycles. The summed E-state index contributed by atoms with van der Waals surface area (Å²) in [5.41, 5.74) is 4.95. The molecule has 0 bridgehead atoms. The summed E-state index contributed by atoms with van der Waals surface area (Å²) in [5.74, 6) is 1.46. The minimum atomic E-state index is -0.0372. The van der Waals surface area contributed by atoms with Crippen molar-refractivity contribution >= 4 is 17.7 Å². The fourth-order valence-corrected chi connectivity index (χ4v) is 4.29. The van der Waals surface area contributed by atoms with Crippen molar-refractivity contribution in [3.05, 3.63) is 89.7 Å². The molecule has 1 amide bonds. The molecule has 0 aliphatic carbocycles. The lowest BCUT2D eigenvalue weighted by atomic mass is 10.1. The number of aromatic nitrogens is 4. The van der Waals surface area contributed by atoms with E-state index in [1.807, 2.05) is 55.5 Å². The zero-order valence-electron chi connectivity index (χ0n) is 19.0. The Morgan fingerprint density at radius 2 is 1.76 bits per heavy atom. The molecule has 2 aromatic heterocycles. The van der Waals surface area contributed by atoms with Crippen molar-refractivity contribution < 1.29 is 4.79 Å². The molecule has 1 N–H and O–H groups in total. The summed E-state index contributed by atoms with van der Waals surface area (Å²) < 4.78 is 2.10. The van der Waals surface area contributed by atoms with E-state index in [0.29, 0.717) is 11.3 Å². The minimum Gasteiger partial charge on any atom is -0.350 e. The SMILES string of the molecule is CCC(C)NC(=O)c1ccc(CSc2nnc(-c3ccncc3)n2-c2ccccc2C)cc1.